The number of amides is 1. The second-order valence-electron chi connectivity index (χ2n) is 5.59. The van der Waals surface area contributed by atoms with Crippen molar-refractivity contribution >= 4 is 22.8 Å². The zero-order chi connectivity index (χ0) is 18.0. The van der Waals surface area contributed by atoms with Gasteiger partial charge in [0, 0.05) is 35.2 Å². The van der Waals surface area contributed by atoms with Crippen LogP contribution in [0.25, 0.3) is 10.9 Å². The number of aliphatic carboxylic acids is 1. The van der Waals surface area contributed by atoms with Crippen LogP contribution in [0.1, 0.15) is 15.9 Å². The number of carbonyl (C=O) groups is 2. The maximum absolute atomic E-state index is 13.2. The molecule has 0 saturated carbocycles. The Hall–Kier alpha value is -3.22. The van der Waals surface area contributed by atoms with Gasteiger partial charge in [0.05, 0.1) is 0 Å². The molecule has 1 amide bonds. The lowest BCUT2D eigenvalue weighted by molar-refractivity contribution is -0.139. The van der Waals surface area contributed by atoms with Crippen LogP contribution >= 0.6 is 0 Å². The van der Waals surface area contributed by atoms with Gasteiger partial charge in [-0.1, -0.05) is 18.2 Å². The lowest BCUT2D eigenvalue weighted by Gasteiger charge is -2.14. The number of H-pyrrole nitrogens is 1. The molecule has 0 bridgehead atoms. The zero-order valence-corrected chi connectivity index (χ0v) is 12.9. The Labute approximate surface area is 141 Å². The normalized spacial score (nSPS) is 12.1. The largest absolute Gasteiger partial charge is 0.480 e. The van der Waals surface area contributed by atoms with Gasteiger partial charge in [-0.2, -0.15) is 0 Å². The molecule has 3 rings (SSSR count). The van der Waals surface area contributed by atoms with Gasteiger partial charge in [-0.05, 0) is 23.8 Å². The molecule has 0 spiro atoms. The topological polar surface area (TPSA) is 82.2 Å². The smallest absolute Gasteiger partial charge is 0.326 e. The number of carboxylic acids is 1. The van der Waals surface area contributed by atoms with Crippen molar-refractivity contribution in [3.63, 3.8) is 0 Å². The predicted molar refractivity (Wildman–Crippen MR) is 87.3 cm³/mol. The van der Waals surface area contributed by atoms with E-state index in [0.29, 0.717) is 11.6 Å². The maximum Gasteiger partial charge on any atom is 0.326 e. The minimum absolute atomic E-state index is 0.0306. The van der Waals surface area contributed by atoms with E-state index in [1.54, 1.807) is 6.20 Å². The van der Waals surface area contributed by atoms with Crippen molar-refractivity contribution in [2.24, 2.45) is 0 Å². The fourth-order valence-corrected chi connectivity index (χ4v) is 2.65. The lowest BCUT2D eigenvalue weighted by Crippen LogP contribution is -2.42. The molecule has 0 aliphatic carbocycles. The standard InChI is InChI=1S/C18H14F2N2O3/c19-12-5-10(6-13(20)8-12)17(23)22-16(18(24)25)7-11-9-21-15-4-2-1-3-14(11)15/h1-6,8-9,16,21H,7H2,(H,22,23)(H,24,25)/t16-/m0/s1. The zero-order valence-electron chi connectivity index (χ0n) is 12.9. The Bertz CT molecular complexity index is 932. The minimum Gasteiger partial charge on any atom is -0.480 e. The number of para-hydroxylation sites is 1. The molecule has 5 nitrogen and oxygen atoms in total. The summed E-state index contributed by atoms with van der Waals surface area (Å²) in [6.45, 7) is 0. The fourth-order valence-electron chi connectivity index (χ4n) is 2.65. The fraction of sp³-hybridized carbons (Fsp3) is 0.111. The van der Waals surface area contributed by atoms with E-state index in [-0.39, 0.29) is 12.0 Å². The Morgan fingerprint density at radius 1 is 1.12 bits per heavy atom. The van der Waals surface area contributed by atoms with Gasteiger partial charge in [-0.25, -0.2) is 13.6 Å². The summed E-state index contributed by atoms with van der Waals surface area (Å²) in [5, 5.41) is 12.5. The average molecular weight is 344 g/mol. The molecule has 0 fully saturated rings. The summed E-state index contributed by atoms with van der Waals surface area (Å²) in [5.74, 6) is -3.91. The third-order valence-electron chi connectivity index (χ3n) is 3.83. The molecule has 0 unspecified atom stereocenters. The molecule has 1 atom stereocenters. The second-order valence-corrected chi connectivity index (χ2v) is 5.59. The van der Waals surface area contributed by atoms with E-state index in [2.05, 4.69) is 10.3 Å². The third-order valence-corrected chi connectivity index (χ3v) is 3.83. The van der Waals surface area contributed by atoms with Crippen LogP contribution in [-0.4, -0.2) is 28.0 Å². The van der Waals surface area contributed by atoms with Crippen molar-refractivity contribution in [2.45, 2.75) is 12.5 Å². The van der Waals surface area contributed by atoms with Crippen LogP contribution in [0.4, 0.5) is 8.78 Å². The van der Waals surface area contributed by atoms with Crippen LogP contribution in [0.5, 0.6) is 0 Å². The summed E-state index contributed by atoms with van der Waals surface area (Å²) in [6.07, 6.45) is 1.71. The number of hydrogen-bond donors (Lipinski definition) is 3. The third kappa shape index (κ3) is 3.65. The highest BCUT2D eigenvalue weighted by atomic mass is 19.1. The summed E-state index contributed by atoms with van der Waals surface area (Å²) in [5.41, 5.74) is 1.29. The number of benzene rings is 2. The highest BCUT2D eigenvalue weighted by Crippen LogP contribution is 2.19. The molecule has 0 aliphatic heterocycles. The molecule has 0 saturated heterocycles. The molecule has 7 heteroatoms. The molecule has 0 radical (unpaired) electrons. The second kappa shape index (κ2) is 6.72. The summed E-state index contributed by atoms with van der Waals surface area (Å²) >= 11 is 0. The first-order valence-corrected chi connectivity index (χ1v) is 7.49. The molecule has 128 valence electrons. The van der Waals surface area contributed by atoms with Gasteiger partial charge in [0.15, 0.2) is 0 Å². The number of hydrogen-bond acceptors (Lipinski definition) is 2. The molecule has 25 heavy (non-hydrogen) atoms. The van der Waals surface area contributed by atoms with Gasteiger partial charge in [0.1, 0.15) is 17.7 Å². The summed E-state index contributed by atoms with van der Waals surface area (Å²) in [4.78, 5) is 26.7. The number of aromatic amines is 1. The average Bonchev–Trinajstić information content (AvgIpc) is 2.96. The first kappa shape index (κ1) is 16.6. The molecule has 3 aromatic rings. The lowest BCUT2D eigenvalue weighted by atomic mass is 10.0. The molecule has 1 heterocycles. The van der Waals surface area contributed by atoms with Crippen molar-refractivity contribution in [3.8, 4) is 0 Å². The van der Waals surface area contributed by atoms with Crippen LogP contribution in [0.3, 0.4) is 0 Å². The van der Waals surface area contributed by atoms with Crippen LogP contribution in [0.15, 0.2) is 48.7 Å². The Balaban J connectivity index is 1.82. The van der Waals surface area contributed by atoms with Gasteiger partial charge >= 0.3 is 5.97 Å². The molecule has 2 aromatic carbocycles. The van der Waals surface area contributed by atoms with Gasteiger partial charge in [-0.15, -0.1) is 0 Å². The van der Waals surface area contributed by atoms with E-state index in [1.807, 2.05) is 24.3 Å². The van der Waals surface area contributed by atoms with Crippen LogP contribution in [0, 0.1) is 11.6 Å². The van der Waals surface area contributed by atoms with E-state index in [0.717, 1.165) is 23.0 Å². The number of rotatable bonds is 5. The number of aromatic nitrogens is 1. The Kier molecular flexibility index (Phi) is 4.47. The molecular formula is C18H14F2N2O3. The number of nitrogens with one attached hydrogen (secondary N) is 2. The van der Waals surface area contributed by atoms with Crippen molar-refractivity contribution < 1.29 is 23.5 Å². The quantitative estimate of drug-likeness (QED) is 0.666. The van der Waals surface area contributed by atoms with Crippen molar-refractivity contribution in [1.29, 1.82) is 0 Å². The maximum atomic E-state index is 13.2. The van der Waals surface area contributed by atoms with Gasteiger partial charge < -0.3 is 15.4 Å². The van der Waals surface area contributed by atoms with E-state index >= 15 is 0 Å². The van der Waals surface area contributed by atoms with Crippen LogP contribution in [0.2, 0.25) is 0 Å². The van der Waals surface area contributed by atoms with Crippen molar-refractivity contribution in [2.75, 3.05) is 0 Å². The minimum atomic E-state index is -1.24. The van der Waals surface area contributed by atoms with Gasteiger partial charge in [0.2, 0.25) is 0 Å². The number of halogens is 2. The SMILES string of the molecule is O=C(N[C@@H](Cc1c[nH]c2ccccc12)C(=O)O)c1cc(F)cc(F)c1. The van der Waals surface area contributed by atoms with Crippen molar-refractivity contribution in [3.05, 3.63) is 71.4 Å². The predicted octanol–water partition coefficient (Wildman–Crippen LogP) is 2.87. The number of carbonyl (C=O) groups excluding carboxylic acids is 1. The highest BCUT2D eigenvalue weighted by Gasteiger charge is 2.23. The molecule has 1 aromatic heterocycles. The van der Waals surface area contributed by atoms with Gasteiger partial charge in [-0.3, -0.25) is 4.79 Å². The first-order chi connectivity index (χ1) is 11.9. The van der Waals surface area contributed by atoms with E-state index in [9.17, 15) is 23.5 Å². The summed E-state index contributed by atoms with van der Waals surface area (Å²) < 4.78 is 26.4. The first-order valence-electron chi connectivity index (χ1n) is 7.49. The number of fused-ring (bicyclic) bond motifs is 1. The van der Waals surface area contributed by atoms with Crippen LogP contribution < -0.4 is 5.32 Å². The monoisotopic (exact) mass is 344 g/mol. The van der Waals surface area contributed by atoms with E-state index in [1.165, 1.54) is 0 Å². The van der Waals surface area contributed by atoms with E-state index in [4.69, 9.17) is 0 Å². The molecular weight excluding hydrogens is 330 g/mol. The summed E-state index contributed by atoms with van der Waals surface area (Å²) in [7, 11) is 0. The molecule has 0 aliphatic rings. The van der Waals surface area contributed by atoms with E-state index < -0.39 is 29.6 Å². The molecule has 3 N–H and O–H groups in total. The Morgan fingerprint density at radius 2 is 1.80 bits per heavy atom. The van der Waals surface area contributed by atoms with Crippen molar-refractivity contribution in [1.82, 2.24) is 10.3 Å². The highest BCUT2D eigenvalue weighted by molar-refractivity contribution is 5.96. The number of carboxylic acid groups (broad SMARTS) is 1. The van der Waals surface area contributed by atoms with Crippen LogP contribution in [-0.2, 0) is 11.2 Å². The van der Waals surface area contributed by atoms with Gasteiger partial charge in [0.25, 0.3) is 5.91 Å². The summed E-state index contributed by atoms with van der Waals surface area (Å²) in [6, 6.07) is 8.45. The Morgan fingerprint density at radius 3 is 2.48 bits per heavy atom.